The van der Waals surface area contributed by atoms with Crippen LogP contribution < -0.4 is 5.32 Å². The van der Waals surface area contributed by atoms with Gasteiger partial charge in [0.15, 0.2) is 0 Å². The topological polar surface area (TPSA) is 48.5 Å². The summed E-state index contributed by atoms with van der Waals surface area (Å²) in [6.45, 7) is 4.01. The first-order chi connectivity index (χ1) is 12.8. The van der Waals surface area contributed by atoms with E-state index in [0.717, 1.165) is 38.3 Å². The molecule has 0 saturated carbocycles. The summed E-state index contributed by atoms with van der Waals surface area (Å²) in [5.41, 5.74) is 3.90. The molecule has 1 atom stereocenters. The quantitative estimate of drug-likeness (QED) is 0.925. The number of nitrogens with one attached hydrogen (secondary N) is 1. The first-order valence-electron chi connectivity index (χ1n) is 9.53. The molecule has 0 radical (unpaired) electrons. The second-order valence-electron chi connectivity index (χ2n) is 7.17. The van der Waals surface area contributed by atoms with Gasteiger partial charge in [0, 0.05) is 38.4 Å². The minimum absolute atomic E-state index is 0.0179. The van der Waals surface area contributed by atoms with Crippen molar-refractivity contribution in [1.82, 2.24) is 20.1 Å². The summed E-state index contributed by atoms with van der Waals surface area (Å²) in [6.07, 6.45) is 5.29. The third kappa shape index (κ3) is 3.88. The van der Waals surface area contributed by atoms with Crippen LogP contribution in [0.15, 0.2) is 48.7 Å². The maximum Gasteiger partial charge on any atom is 0.317 e. The Morgan fingerprint density at radius 3 is 2.58 bits per heavy atom. The van der Waals surface area contributed by atoms with E-state index in [4.69, 9.17) is 0 Å². The number of aryl methyl sites for hydroxylation is 1. The zero-order chi connectivity index (χ0) is 17.8. The lowest BCUT2D eigenvalue weighted by molar-refractivity contribution is 0.101. The molecule has 1 N–H and O–H groups in total. The number of urea groups is 1. The molecule has 1 aromatic heterocycles. The minimum atomic E-state index is 0.0179. The summed E-state index contributed by atoms with van der Waals surface area (Å²) in [5, 5.41) is 2.98. The fourth-order valence-corrected chi connectivity index (χ4v) is 4.06. The lowest BCUT2D eigenvalue weighted by Gasteiger charge is -2.41. The summed E-state index contributed by atoms with van der Waals surface area (Å²) in [7, 11) is 0. The third-order valence-corrected chi connectivity index (χ3v) is 5.59. The predicted molar refractivity (Wildman–Crippen MR) is 102 cm³/mol. The van der Waals surface area contributed by atoms with E-state index < -0.39 is 0 Å². The summed E-state index contributed by atoms with van der Waals surface area (Å²) in [4.78, 5) is 21.1. The fraction of sp³-hybridized carbons (Fsp3) is 0.429. The molecule has 2 amide bonds. The van der Waals surface area contributed by atoms with Crippen LogP contribution in [0.25, 0.3) is 0 Å². The van der Waals surface area contributed by atoms with Gasteiger partial charge in [-0.15, -0.1) is 0 Å². The van der Waals surface area contributed by atoms with Crippen molar-refractivity contribution < 1.29 is 4.79 Å². The Morgan fingerprint density at radius 2 is 1.81 bits per heavy atom. The molecule has 2 heterocycles. The van der Waals surface area contributed by atoms with Gasteiger partial charge in [-0.3, -0.25) is 9.88 Å². The average Bonchev–Trinajstić information content (AvgIpc) is 2.72. The Hall–Kier alpha value is -2.40. The number of fused-ring (bicyclic) bond motifs is 1. The zero-order valence-electron chi connectivity index (χ0n) is 15.1. The molecule has 0 spiro atoms. The van der Waals surface area contributed by atoms with E-state index in [0.29, 0.717) is 12.6 Å². The van der Waals surface area contributed by atoms with Crippen LogP contribution in [0.1, 0.15) is 23.2 Å². The van der Waals surface area contributed by atoms with Crippen LogP contribution in [-0.4, -0.2) is 53.0 Å². The molecular formula is C21H26N4O. The van der Waals surface area contributed by atoms with Gasteiger partial charge in [-0.25, -0.2) is 4.79 Å². The van der Waals surface area contributed by atoms with Gasteiger partial charge in [-0.1, -0.05) is 30.3 Å². The average molecular weight is 350 g/mol. The van der Waals surface area contributed by atoms with E-state index in [-0.39, 0.29) is 6.03 Å². The summed E-state index contributed by atoms with van der Waals surface area (Å²) in [6, 6.07) is 15.2. The molecule has 0 unspecified atom stereocenters. The number of nitrogens with zero attached hydrogens (tertiary/aromatic N) is 3. The first kappa shape index (κ1) is 17.0. The maximum absolute atomic E-state index is 12.4. The van der Waals surface area contributed by atoms with Gasteiger partial charge in [-0.05, 0) is 42.5 Å². The van der Waals surface area contributed by atoms with Gasteiger partial charge in [0.25, 0.3) is 0 Å². The molecule has 0 bridgehead atoms. The molecule has 1 aromatic carbocycles. The Labute approximate surface area is 155 Å². The van der Waals surface area contributed by atoms with Crippen molar-refractivity contribution in [2.45, 2.75) is 31.8 Å². The van der Waals surface area contributed by atoms with E-state index in [1.807, 2.05) is 23.1 Å². The van der Waals surface area contributed by atoms with Crippen molar-refractivity contribution in [2.24, 2.45) is 0 Å². The van der Waals surface area contributed by atoms with Crippen LogP contribution in [0.3, 0.4) is 0 Å². The molecule has 5 nitrogen and oxygen atoms in total. The molecule has 1 fully saturated rings. The first-order valence-corrected chi connectivity index (χ1v) is 9.53. The van der Waals surface area contributed by atoms with E-state index in [9.17, 15) is 4.79 Å². The van der Waals surface area contributed by atoms with Crippen molar-refractivity contribution in [1.29, 1.82) is 0 Å². The number of hydrogen-bond acceptors (Lipinski definition) is 3. The number of aromatic nitrogens is 1. The lowest BCUT2D eigenvalue weighted by Crippen LogP contribution is -2.55. The van der Waals surface area contributed by atoms with Crippen molar-refractivity contribution in [2.75, 3.05) is 26.2 Å². The Kier molecular flexibility index (Phi) is 5.16. The predicted octanol–water partition coefficient (Wildman–Crippen LogP) is 2.47. The highest BCUT2D eigenvalue weighted by molar-refractivity contribution is 5.74. The summed E-state index contributed by atoms with van der Waals surface area (Å²) < 4.78 is 0. The van der Waals surface area contributed by atoms with Crippen LogP contribution in [-0.2, 0) is 19.4 Å². The second kappa shape index (κ2) is 7.87. The standard InChI is InChI=1S/C21H26N4O/c26-21(23-16-19-7-3-4-10-22-19)25-13-11-24(12-14-25)20-9-8-17-5-1-2-6-18(17)15-20/h1-7,10,20H,8-9,11-16H2,(H,23,26)/t20-/m0/s1. The number of carbonyl (C=O) groups is 1. The van der Waals surface area contributed by atoms with Crippen LogP contribution in [0.4, 0.5) is 4.79 Å². The van der Waals surface area contributed by atoms with E-state index in [2.05, 4.69) is 39.5 Å². The van der Waals surface area contributed by atoms with Crippen LogP contribution >= 0.6 is 0 Å². The molecule has 2 aromatic rings. The highest BCUT2D eigenvalue weighted by atomic mass is 16.2. The number of carbonyl (C=O) groups excluding carboxylic acids is 1. The number of pyridine rings is 1. The monoisotopic (exact) mass is 350 g/mol. The van der Waals surface area contributed by atoms with Crippen LogP contribution in [0.2, 0.25) is 0 Å². The third-order valence-electron chi connectivity index (χ3n) is 5.59. The van der Waals surface area contributed by atoms with Gasteiger partial charge in [0.05, 0.1) is 12.2 Å². The van der Waals surface area contributed by atoms with Crippen molar-refractivity contribution in [3.05, 3.63) is 65.5 Å². The summed E-state index contributed by atoms with van der Waals surface area (Å²) in [5.74, 6) is 0. The highest BCUT2D eigenvalue weighted by Crippen LogP contribution is 2.25. The van der Waals surface area contributed by atoms with Gasteiger partial charge in [-0.2, -0.15) is 0 Å². The van der Waals surface area contributed by atoms with Crippen LogP contribution in [0.5, 0.6) is 0 Å². The van der Waals surface area contributed by atoms with Gasteiger partial charge in [0.2, 0.25) is 0 Å². The largest absolute Gasteiger partial charge is 0.332 e. The number of amides is 2. The maximum atomic E-state index is 12.4. The Morgan fingerprint density at radius 1 is 1.04 bits per heavy atom. The molecular weight excluding hydrogens is 324 g/mol. The van der Waals surface area contributed by atoms with Crippen molar-refractivity contribution in [3.63, 3.8) is 0 Å². The Balaban J connectivity index is 1.26. The fourth-order valence-electron chi connectivity index (χ4n) is 4.06. The number of benzene rings is 1. The van der Waals surface area contributed by atoms with Crippen LogP contribution in [0, 0.1) is 0 Å². The smallest absolute Gasteiger partial charge is 0.317 e. The highest BCUT2D eigenvalue weighted by Gasteiger charge is 2.28. The molecule has 136 valence electrons. The molecule has 1 aliphatic carbocycles. The lowest BCUT2D eigenvalue weighted by atomic mass is 9.87. The zero-order valence-corrected chi connectivity index (χ0v) is 15.1. The van der Waals surface area contributed by atoms with E-state index in [1.54, 1.807) is 6.20 Å². The number of piperazine rings is 1. The number of rotatable bonds is 3. The Bertz CT molecular complexity index is 741. The van der Waals surface area contributed by atoms with Gasteiger partial charge < -0.3 is 10.2 Å². The molecule has 26 heavy (non-hydrogen) atoms. The van der Waals surface area contributed by atoms with Crippen molar-refractivity contribution in [3.8, 4) is 0 Å². The second-order valence-corrected chi connectivity index (χ2v) is 7.17. The molecule has 1 aliphatic heterocycles. The minimum Gasteiger partial charge on any atom is -0.332 e. The van der Waals surface area contributed by atoms with E-state index >= 15 is 0 Å². The molecule has 2 aliphatic rings. The van der Waals surface area contributed by atoms with Gasteiger partial charge >= 0.3 is 6.03 Å². The normalized spacial score (nSPS) is 20.5. The van der Waals surface area contributed by atoms with E-state index in [1.165, 1.54) is 24.0 Å². The number of hydrogen-bond donors (Lipinski definition) is 1. The van der Waals surface area contributed by atoms with Gasteiger partial charge in [0.1, 0.15) is 0 Å². The summed E-state index contributed by atoms with van der Waals surface area (Å²) >= 11 is 0. The molecule has 4 rings (SSSR count). The van der Waals surface area contributed by atoms with Crippen molar-refractivity contribution >= 4 is 6.03 Å². The molecule has 5 heteroatoms. The SMILES string of the molecule is O=C(NCc1ccccn1)N1CCN([C@H]2CCc3ccccc3C2)CC1. The molecule has 1 saturated heterocycles.